The zero-order valence-corrected chi connectivity index (χ0v) is 9.36. The van der Waals surface area contributed by atoms with Gasteiger partial charge in [0.25, 0.3) is 0 Å². The van der Waals surface area contributed by atoms with Crippen molar-refractivity contribution in [3.63, 3.8) is 0 Å². The first-order chi connectivity index (χ1) is 7.65. The van der Waals surface area contributed by atoms with Gasteiger partial charge in [0.15, 0.2) is 0 Å². The summed E-state index contributed by atoms with van der Waals surface area (Å²) in [4.78, 5) is 9.92. The van der Waals surface area contributed by atoms with Crippen molar-refractivity contribution in [2.75, 3.05) is 0 Å². The van der Waals surface area contributed by atoms with Crippen molar-refractivity contribution < 1.29 is 9.34 Å². The van der Waals surface area contributed by atoms with E-state index in [0.29, 0.717) is 12.3 Å². The van der Waals surface area contributed by atoms with Crippen LogP contribution in [0.2, 0.25) is 0 Å². The zero-order chi connectivity index (χ0) is 11.6. The van der Waals surface area contributed by atoms with Crippen LogP contribution in [0.4, 0.5) is 5.88 Å². The molecule has 0 saturated heterocycles. The van der Waals surface area contributed by atoms with Crippen molar-refractivity contribution in [3.8, 4) is 0 Å². The number of furan rings is 1. The maximum absolute atomic E-state index is 10.4. The number of hydrogen-bond donors (Lipinski definition) is 1. The highest BCUT2D eigenvalue weighted by Gasteiger charge is 2.34. The highest BCUT2D eigenvalue weighted by Crippen LogP contribution is 2.34. The van der Waals surface area contributed by atoms with Crippen LogP contribution in [0.5, 0.6) is 0 Å². The molecule has 0 aliphatic heterocycles. The van der Waals surface area contributed by atoms with Gasteiger partial charge in [0, 0.05) is 5.54 Å². The second-order valence-corrected chi connectivity index (χ2v) is 4.34. The van der Waals surface area contributed by atoms with Crippen molar-refractivity contribution in [1.82, 2.24) is 5.32 Å². The average molecular weight is 224 g/mol. The van der Waals surface area contributed by atoms with Crippen LogP contribution in [-0.4, -0.2) is 10.5 Å². The predicted octanol–water partition coefficient (Wildman–Crippen LogP) is 2.61. The van der Waals surface area contributed by atoms with Crippen molar-refractivity contribution in [2.24, 2.45) is 0 Å². The maximum Gasteiger partial charge on any atom is 0.433 e. The van der Waals surface area contributed by atoms with E-state index in [1.807, 2.05) is 0 Å². The van der Waals surface area contributed by atoms with Crippen LogP contribution in [0.25, 0.3) is 0 Å². The Kier molecular flexibility index (Phi) is 2.96. The minimum atomic E-state index is -0.511. The van der Waals surface area contributed by atoms with Gasteiger partial charge in [0.1, 0.15) is 10.7 Å². The van der Waals surface area contributed by atoms with E-state index < -0.39 is 4.92 Å². The van der Waals surface area contributed by atoms with Crippen molar-refractivity contribution in [1.29, 1.82) is 0 Å². The Morgan fingerprint density at radius 1 is 1.56 bits per heavy atom. The number of rotatable bonds is 5. The Morgan fingerprint density at radius 2 is 2.31 bits per heavy atom. The van der Waals surface area contributed by atoms with E-state index in [9.17, 15) is 10.1 Å². The molecule has 1 fully saturated rings. The van der Waals surface area contributed by atoms with E-state index in [1.165, 1.54) is 25.3 Å². The highest BCUT2D eigenvalue weighted by atomic mass is 16.6. The van der Waals surface area contributed by atoms with E-state index >= 15 is 0 Å². The molecule has 16 heavy (non-hydrogen) atoms. The number of hydrogen-bond acceptors (Lipinski definition) is 4. The van der Waals surface area contributed by atoms with Gasteiger partial charge in [-0.1, -0.05) is 6.92 Å². The fraction of sp³-hybridized carbons (Fsp3) is 0.636. The Bertz CT molecular complexity index is 377. The molecule has 0 amide bonds. The molecule has 0 atom stereocenters. The van der Waals surface area contributed by atoms with Crippen molar-refractivity contribution >= 4 is 5.88 Å². The predicted molar refractivity (Wildman–Crippen MR) is 59.1 cm³/mol. The molecular weight excluding hydrogens is 208 g/mol. The van der Waals surface area contributed by atoms with Crippen LogP contribution >= 0.6 is 0 Å². The maximum atomic E-state index is 10.4. The summed E-state index contributed by atoms with van der Waals surface area (Å²) in [5.74, 6) is 0.447. The van der Waals surface area contributed by atoms with Gasteiger partial charge in [-0.15, -0.1) is 0 Å². The lowest BCUT2D eigenvalue weighted by Crippen LogP contribution is -2.49. The van der Waals surface area contributed by atoms with Gasteiger partial charge in [-0.05, 0) is 31.7 Å². The van der Waals surface area contributed by atoms with Crippen LogP contribution in [-0.2, 0) is 6.54 Å². The summed E-state index contributed by atoms with van der Waals surface area (Å²) in [7, 11) is 0. The summed E-state index contributed by atoms with van der Waals surface area (Å²) < 4.78 is 5.09. The van der Waals surface area contributed by atoms with Crippen LogP contribution < -0.4 is 5.32 Å². The molecule has 5 nitrogen and oxygen atoms in total. The molecule has 1 saturated carbocycles. The highest BCUT2D eigenvalue weighted by molar-refractivity contribution is 5.17. The molecule has 0 bridgehead atoms. The van der Waals surface area contributed by atoms with Gasteiger partial charge in [0.05, 0.1) is 12.6 Å². The van der Waals surface area contributed by atoms with Crippen LogP contribution in [0, 0.1) is 10.1 Å². The van der Waals surface area contributed by atoms with Gasteiger partial charge < -0.3 is 9.73 Å². The van der Waals surface area contributed by atoms with E-state index in [4.69, 9.17) is 4.42 Å². The second-order valence-electron chi connectivity index (χ2n) is 4.34. The molecule has 0 unspecified atom stereocenters. The van der Waals surface area contributed by atoms with Crippen molar-refractivity contribution in [2.45, 2.75) is 44.7 Å². The Morgan fingerprint density at radius 3 is 2.75 bits per heavy atom. The first-order valence-corrected chi connectivity index (χ1v) is 5.63. The third kappa shape index (κ3) is 2.09. The molecule has 1 aliphatic carbocycles. The molecule has 1 N–H and O–H groups in total. The molecule has 1 aliphatic rings. The topological polar surface area (TPSA) is 68.3 Å². The lowest BCUT2D eigenvalue weighted by molar-refractivity contribution is -0.402. The number of nitrogens with zero attached hydrogens (tertiary/aromatic N) is 1. The van der Waals surface area contributed by atoms with E-state index in [0.717, 1.165) is 6.42 Å². The fourth-order valence-corrected chi connectivity index (χ4v) is 2.09. The lowest BCUT2D eigenvalue weighted by Gasteiger charge is -2.42. The second kappa shape index (κ2) is 4.25. The molecular formula is C11H16N2O3. The summed E-state index contributed by atoms with van der Waals surface area (Å²) in [6.07, 6.45) is 4.73. The molecule has 1 heterocycles. The minimum Gasteiger partial charge on any atom is -0.404 e. The van der Waals surface area contributed by atoms with Crippen molar-refractivity contribution in [3.05, 3.63) is 28.0 Å². The smallest absolute Gasteiger partial charge is 0.404 e. The van der Waals surface area contributed by atoms with Gasteiger partial charge in [0.2, 0.25) is 0 Å². The molecule has 5 heteroatoms. The fourth-order valence-electron chi connectivity index (χ4n) is 2.09. The summed E-state index contributed by atoms with van der Waals surface area (Å²) in [5.41, 5.74) is 0.238. The largest absolute Gasteiger partial charge is 0.433 e. The molecule has 1 aromatic heterocycles. The standard InChI is InChI=1S/C11H16N2O3/c1-2-11(6-3-7-11)12-8-9-4-5-10(16-9)13(14)15/h4-5,12H,2-3,6-8H2,1H3. The molecule has 0 radical (unpaired) electrons. The SMILES string of the molecule is CCC1(NCc2ccc([N+](=O)[O-])o2)CCC1. The van der Waals surface area contributed by atoms with Crippen LogP contribution in [0.1, 0.15) is 38.4 Å². The van der Waals surface area contributed by atoms with Crippen LogP contribution in [0.15, 0.2) is 16.5 Å². The summed E-state index contributed by atoms with van der Waals surface area (Å²) >= 11 is 0. The quantitative estimate of drug-likeness (QED) is 0.616. The third-order valence-corrected chi connectivity index (χ3v) is 3.45. The first-order valence-electron chi connectivity index (χ1n) is 5.63. The Balaban J connectivity index is 1.91. The first kappa shape index (κ1) is 11.1. The molecule has 1 aromatic rings. The molecule has 0 spiro atoms. The normalized spacial score (nSPS) is 18.1. The van der Waals surface area contributed by atoms with E-state index in [1.54, 1.807) is 6.07 Å². The van der Waals surface area contributed by atoms with Gasteiger partial charge >= 0.3 is 5.88 Å². The molecule has 0 aromatic carbocycles. The lowest BCUT2D eigenvalue weighted by atomic mass is 9.75. The monoisotopic (exact) mass is 224 g/mol. The molecule has 88 valence electrons. The summed E-state index contributed by atoms with van der Waals surface area (Å²) in [6, 6.07) is 3.06. The number of nitro groups is 1. The summed E-state index contributed by atoms with van der Waals surface area (Å²) in [6.45, 7) is 2.73. The van der Waals surface area contributed by atoms with Crippen LogP contribution in [0.3, 0.4) is 0 Å². The van der Waals surface area contributed by atoms with E-state index in [2.05, 4.69) is 12.2 Å². The van der Waals surface area contributed by atoms with E-state index in [-0.39, 0.29) is 11.4 Å². The number of nitrogens with one attached hydrogen (secondary N) is 1. The third-order valence-electron chi connectivity index (χ3n) is 3.45. The van der Waals surface area contributed by atoms with Gasteiger partial charge in [-0.25, -0.2) is 0 Å². The summed E-state index contributed by atoms with van der Waals surface area (Å²) in [5, 5.41) is 13.9. The minimum absolute atomic E-state index is 0.184. The Hall–Kier alpha value is -1.36. The van der Waals surface area contributed by atoms with Gasteiger partial charge in [-0.3, -0.25) is 10.1 Å². The zero-order valence-electron chi connectivity index (χ0n) is 9.36. The Labute approximate surface area is 94.0 Å². The average Bonchev–Trinajstić information content (AvgIpc) is 2.65. The van der Waals surface area contributed by atoms with Gasteiger partial charge in [-0.2, -0.15) is 0 Å². The molecule has 2 rings (SSSR count).